The quantitative estimate of drug-likeness (QED) is 0.509. The molecule has 0 bridgehead atoms. The summed E-state index contributed by atoms with van der Waals surface area (Å²) in [5.41, 5.74) is 1.54. The molecule has 1 N–H and O–H groups in total. The lowest BCUT2D eigenvalue weighted by atomic mass is 10.1. The lowest BCUT2D eigenvalue weighted by Gasteiger charge is -1.97. The molecule has 5 nitrogen and oxygen atoms in total. The monoisotopic (exact) mass is 261 g/mol. The predicted molar refractivity (Wildman–Crippen MR) is 72.9 cm³/mol. The normalized spacial score (nSPS) is 10.0. The SMILES string of the molecule is C=CCNc1nc(-c2cccc([N+](=O)[O-])c2)cs1. The van der Waals surface area contributed by atoms with Crippen molar-refractivity contribution >= 4 is 22.2 Å². The fourth-order valence-corrected chi connectivity index (χ4v) is 2.16. The third-order valence-corrected chi connectivity index (χ3v) is 3.05. The summed E-state index contributed by atoms with van der Waals surface area (Å²) in [5, 5.41) is 16.4. The Morgan fingerprint density at radius 1 is 1.56 bits per heavy atom. The summed E-state index contributed by atoms with van der Waals surface area (Å²) in [5.74, 6) is 0. The number of non-ortho nitro benzene ring substituents is 1. The Bertz CT molecular complexity index is 580. The van der Waals surface area contributed by atoms with E-state index in [1.807, 2.05) is 5.38 Å². The molecule has 1 aromatic heterocycles. The first-order chi connectivity index (χ1) is 8.70. The molecule has 92 valence electrons. The van der Waals surface area contributed by atoms with Crippen LogP contribution >= 0.6 is 11.3 Å². The summed E-state index contributed by atoms with van der Waals surface area (Å²) >= 11 is 1.46. The van der Waals surface area contributed by atoms with Crippen LogP contribution in [-0.4, -0.2) is 16.5 Å². The summed E-state index contributed by atoms with van der Waals surface area (Å²) in [4.78, 5) is 14.6. The molecule has 18 heavy (non-hydrogen) atoms. The molecule has 1 aromatic carbocycles. The zero-order valence-corrected chi connectivity index (χ0v) is 10.3. The average molecular weight is 261 g/mol. The van der Waals surface area contributed by atoms with Gasteiger partial charge in [-0.15, -0.1) is 17.9 Å². The first-order valence-corrected chi connectivity index (χ1v) is 6.14. The van der Waals surface area contributed by atoms with Gasteiger partial charge in [0.15, 0.2) is 5.13 Å². The van der Waals surface area contributed by atoms with Gasteiger partial charge in [0.05, 0.1) is 10.6 Å². The number of hydrogen-bond acceptors (Lipinski definition) is 5. The Hall–Kier alpha value is -2.21. The number of nitro groups is 1. The Morgan fingerprint density at radius 3 is 3.11 bits per heavy atom. The van der Waals surface area contributed by atoms with Crippen LogP contribution in [0.25, 0.3) is 11.3 Å². The maximum atomic E-state index is 10.7. The molecule has 0 aliphatic carbocycles. The summed E-state index contributed by atoms with van der Waals surface area (Å²) < 4.78 is 0. The van der Waals surface area contributed by atoms with E-state index in [-0.39, 0.29) is 5.69 Å². The molecule has 0 aliphatic heterocycles. The van der Waals surface area contributed by atoms with Crippen LogP contribution in [0, 0.1) is 10.1 Å². The first kappa shape index (κ1) is 12.3. The van der Waals surface area contributed by atoms with Crippen LogP contribution in [0.1, 0.15) is 0 Å². The van der Waals surface area contributed by atoms with E-state index >= 15 is 0 Å². The van der Waals surface area contributed by atoms with Gasteiger partial charge in [-0.1, -0.05) is 18.2 Å². The molecule has 0 saturated heterocycles. The highest BCUT2D eigenvalue weighted by atomic mass is 32.1. The van der Waals surface area contributed by atoms with E-state index in [9.17, 15) is 10.1 Å². The molecule has 2 rings (SSSR count). The number of aromatic nitrogens is 1. The zero-order valence-electron chi connectivity index (χ0n) is 9.50. The van der Waals surface area contributed by atoms with E-state index in [1.54, 1.807) is 18.2 Å². The Labute approximate surface area is 108 Å². The largest absolute Gasteiger partial charge is 0.358 e. The molecule has 0 spiro atoms. The fraction of sp³-hybridized carbons (Fsp3) is 0.0833. The third kappa shape index (κ3) is 2.72. The number of nitrogens with zero attached hydrogens (tertiary/aromatic N) is 2. The molecule has 0 atom stereocenters. The molecule has 0 unspecified atom stereocenters. The van der Waals surface area contributed by atoms with E-state index in [2.05, 4.69) is 16.9 Å². The van der Waals surface area contributed by atoms with Crippen molar-refractivity contribution < 1.29 is 4.92 Å². The third-order valence-electron chi connectivity index (χ3n) is 2.25. The highest BCUT2D eigenvalue weighted by Crippen LogP contribution is 2.27. The van der Waals surface area contributed by atoms with Crippen LogP contribution in [0.4, 0.5) is 10.8 Å². The molecule has 1 heterocycles. The second kappa shape index (κ2) is 5.42. The molecule has 0 fully saturated rings. The molecule has 0 saturated carbocycles. The van der Waals surface area contributed by atoms with E-state index in [0.717, 1.165) is 16.4 Å². The van der Waals surface area contributed by atoms with Crippen LogP contribution in [-0.2, 0) is 0 Å². The van der Waals surface area contributed by atoms with Crippen molar-refractivity contribution in [3.8, 4) is 11.3 Å². The topological polar surface area (TPSA) is 68.1 Å². The number of rotatable bonds is 5. The maximum Gasteiger partial charge on any atom is 0.270 e. The van der Waals surface area contributed by atoms with Gasteiger partial charge in [-0.3, -0.25) is 10.1 Å². The van der Waals surface area contributed by atoms with Crippen LogP contribution < -0.4 is 5.32 Å². The molecular weight excluding hydrogens is 250 g/mol. The second-order valence-electron chi connectivity index (χ2n) is 3.51. The van der Waals surface area contributed by atoms with Crippen LogP contribution in [0.3, 0.4) is 0 Å². The predicted octanol–water partition coefficient (Wildman–Crippen LogP) is 3.32. The van der Waals surface area contributed by atoms with Gasteiger partial charge in [0.25, 0.3) is 5.69 Å². The highest BCUT2D eigenvalue weighted by Gasteiger charge is 2.09. The number of nitrogens with one attached hydrogen (secondary N) is 1. The Morgan fingerprint density at radius 2 is 2.39 bits per heavy atom. The Kier molecular flexibility index (Phi) is 3.69. The average Bonchev–Trinajstić information content (AvgIpc) is 2.85. The molecule has 2 aromatic rings. The minimum atomic E-state index is -0.410. The summed E-state index contributed by atoms with van der Waals surface area (Å²) in [6, 6.07) is 6.45. The van der Waals surface area contributed by atoms with Crippen molar-refractivity contribution in [1.29, 1.82) is 0 Å². The maximum absolute atomic E-state index is 10.7. The van der Waals surface area contributed by atoms with Crippen molar-refractivity contribution in [2.24, 2.45) is 0 Å². The van der Waals surface area contributed by atoms with Crippen LogP contribution in [0.5, 0.6) is 0 Å². The molecule has 0 amide bonds. The fourth-order valence-electron chi connectivity index (χ4n) is 1.43. The summed E-state index contributed by atoms with van der Waals surface area (Å²) in [7, 11) is 0. The van der Waals surface area contributed by atoms with E-state index < -0.39 is 4.92 Å². The minimum absolute atomic E-state index is 0.0705. The zero-order chi connectivity index (χ0) is 13.0. The minimum Gasteiger partial charge on any atom is -0.358 e. The summed E-state index contributed by atoms with van der Waals surface area (Å²) in [6.07, 6.45) is 1.74. The molecule has 0 aliphatic rings. The standard InChI is InChI=1S/C12H11N3O2S/c1-2-6-13-12-14-11(8-18-12)9-4-3-5-10(7-9)15(16)17/h2-5,7-8H,1,6H2,(H,13,14). The number of thiazole rings is 1. The van der Waals surface area contributed by atoms with Gasteiger partial charge in [-0.05, 0) is 0 Å². The van der Waals surface area contributed by atoms with Gasteiger partial charge >= 0.3 is 0 Å². The number of benzene rings is 1. The molecule has 0 radical (unpaired) electrons. The number of hydrogen-bond donors (Lipinski definition) is 1. The lowest BCUT2D eigenvalue weighted by Crippen LogP contribution is -1.96. The number of anilines is 1. The van der Waals surface area contributed by atoms with Gasteiger partial charge in [0.1, 0.15) is 0 Å². The van der Waals surface area contributed by atoms with Gasteiger partial charge in [0, 0.05) is 29.6 Å². The Balaban J connectivity index is 2.25. The highest BCUT2D eigenvalue weighted by molar-refractivity contribution is 7.14. The van der Waals surface area contributed by atoms with E-state index in [4.69, 9.17) is 0 Å². The van der Waals surface area contributed by atoms with Crippen LogP contribution in [0.2, 0.25) is 0 Å². The smallest absolute Gasteiger partial charge is 0.270 e. The van der Waals surface area contributed by atoms with Gasteiger partial charge in [-0.2, -0.15) is 0 Å². The van der Waals surface area contributed by atoms with Gasteiger partial charge in [-0.25, -0.2) is 4.98 Å². The second-order valence-corrected chi connectivity index (χ2v) is 4.37. The lowest BCUT2D eigenvalue weighted by molar-refractivity contribution is -0.384. The van der Waals surface area contributed by atoms with E-state index in [1.165, 1.54) is 23.5 Å². The van der Waals surface area contributed by atoms with Crippen molar-refractivity contribution in [3.63, 3.8) is 0 Å². The van der Waals surface area contributed by atoms with Gasteiger partial charge in [0.2, 0.25) is 0 Å². The van der Waals surface area contributed by atoms with Crippen molar-refractivity contribution in [3.05, 3.63) is 52.4 Å². The van der Waals surface area contributed by atoms with Crippen molar-refractivity contribution in [2.75, 3.05) is 11.9 Å². The first-order valence-electron chi connectivity index (χ1n) is 5.26. The van der Waals surface area contributed by atoms with Crippen molar-refractivity contribution in [2.45, 2.75) is 0 Å². The molecular formula is C12H11N3O2S. The van der Waals surface area contributed by atoms with Gasteiger partial charge < -0.3 is 5.32 Å². The number of nitro benzene ring substituents is 1. The molecule has 6 heteroatoms. The van der Waals surface area contributed by atoms with E-state index in [0.29, 0.717) is 6.54 Å². The van der Waals surface area contributed by atoms with Crippen LogP contribution in [0.15, 0.2) is 42.3 Å². The van der Waals surface area contributed by atoms with Crippen molar-refractivity contribution in [1.82, 2.24) is 4.98 Å². The summed E-state index contributed by atoms with van der Waals surface area (Å²) in [6.45, 7) is 4.25.